The second kappa shape index (κ2) is 9.08. The van der Waals surface area contributed by atoms with Gasteiger partial charge in [-0.3, -0.25) is 14.9 Å². The fourth-order valence-corrected chi connectivity index (χ4v) is 2.32. The van der Waals surface area contributed by atoms with Crippen molar-refractivity contribution in [3.8, 4) is 0 Å². The van der Waals surface area contributed by atoms with Gasteiger partial charge in [-0.2, -0.15) is 0 Å². The molecule has 1 amide bonds. The van der Waals surface area contributed by atoms with E-state index in [2.05, 4.69) is 14.8 Å². The fraction of sp³-hybridized carbons (Fsp3) is 0.105. The lowest BCUT2D eigenvalue weighted by Gasteiger charge is -2.08. The maximum Gasteiger partial charge on any atom is 0.337 e. The van der Waals surface area contributed by atoms with Gasteiger partial charge in [-0.1, -0.05) is 12.1 Å². The minimum absolute atomic E-state index is 0.0448. The Morgan fingerprint density at radius 2 is 1.57 bits per heavy atom. The summed E-state index contributed by atoms with van der Waals surface area (Å²) in [5, 5.41) is 13.5. The summed E-state index contributed by atoms with van der Waals surface area (Å²) in [6, 6.07) is 9.87. The van der Waals surface area contributed by atoms with Gasteiger partial charge in [0.15, 0.2) is 0 Å². The zero-order valence-corrected chi connectivity index (χ0v) is 15.0. The number of carbonyl (C=O) groups excluding carboxylic acids is 3. The van der Waals surface area contributed by atoms with E-state index in [9.17, 15) is 24.5 Å². The molecule has 0 saturated carbocycles. The predicted octanol–water partition coefficient (Wildman–Crippen LogP) is 2.82. The maximum atomic E-state index is 12.2. The minimum Gasteiger partial charge on any atom is -0.465 e. The molecule has 1 N–H and O–H groups in total. The number of rotatable bonds is 6. The highest BCUT2D eigenvalue weighted by atomic mass is 16.6. The van der Waals surface area contributed by atoms with Crippen molar-refractivity contribution in [2.75, 3.05) is 19.5 Å². The van der Waals surface area contributed by atoms with E-state index < -0.39 is 22.8 Å². The molecule has 0 fully saturated rings. The average Bonchev–Trinajstić information content (AvgIpc) is 2.70. The fourth-order valence-electron chi connectivity index (χ4n) is 2.32. The smallest absolute Gasteiger partial charge is 0.337 e. The Bertz CT molecular complexity index is 932. The molecule has 0 spiro atoms. The lowest BCUT2D eigenvalue weighted by atomic mass is 10.1. The number of anilines is 1. The number of hydrogen-bond donors (Lipinski definition) is 1. The van der Waals surface area contributed by atoms with Crippen molar-refractivity contribution in [1.29, 1.82) is 0 Å². The largest absolute Gasteiger partial charge is 0.465 e. The van der Waals surface area contributed by atoms with Crippen LogP contribution < -0.4 is 5.32 Å². The standard InChI is InChI=1S/C19H16N2O7/c1-27-18(23)13-9-14(19(24)28-2)11-15(10-13)20-17(22)8-7-12-5-3-4-6-16(12)21(25)26/h3-11H,1-2H3,(H,20,22)/b8-7+. The van der Waals surface area contributed by atoms with E-state index in [1.807, 2.05) is 0 Å². The number of nitro benzene ring substituents is 1. The zero-order valence-electron chi connectivity index (χ0n) is 15.0. The molecular formula is C19H16N2O7. The summed E-state index contributed by atoms with van der Waals surface area (Å²) in [5.41, 5.74) is 0.348. The lowest BCUT2D eigenvalue weighted by molar-refractivity contribution is -0.385. The first-order chi connectivity index (χ1) is 13.3. The van der Waals surface area contributed by atoms with Crippen LogP contribution in [0.1, 0.15) is 26.3 Å². The first-order valence-electron chi connectivity index (χ1n) is 7.90. The van der Waals surface area contributed by atoms with Crippen LogP contribution >= 0.6 is 0 Å². The Labute approximate surface area is 159 Å². The summed E-state index contributed by atoms with van der Waals surface area (Å²) in [5.74, 6) is -2.01. The van der Waals surface area contributed by atoms with Gasteiger partial charge < -0.3 is 14.8 Å². The number of nitro groups is 1. The molecule has 0 aliphatic carbocycles. The van der Waals surface area contributed by atoms with Crippen LogP contribution in [-0.4, -0.2) is 37.0 Å². The SMILES string of the molecule is COC(=O)c1cc(NC(=O)/C=C/c2ccccc2[N+](=O)[O-])cc(C(=O)OC)c1. The highest BCUT2D eigenvalue weighted by Crippen LogP contribution is 2.20. The van der Waals surface area contributed by atoms with Crippen molar-refractivity contribution < 1.29 is 28.8 Å². The van der Waals surface area contributed by atoms with E-state index in [4.69, 9.17) is 0 Å². The van der Waals surface area contributed by atoms with E-state index in [0.717, 1.165) is 6.08 Å². The molecule has 0 bridgehead atoms. The molecule has 0 aliphatic rings. The summed E-state index contributed by atoms with van der Waals surface area (Å²) >= 11 is 0. The minimum atomic E-state index is -0.697. The summed E-state index contributed by atoms with van der Waals surface area (Å²) in [6.45, 7) is 0. The molecule has 9 nitrogen and oxygen atoms in total. The van der Waals surface area contributed by atoms with Crippen molar-refractivity contribution in [3.63, 3.8) is 0 Å². The average molecular weight is 384 g/mol. The third-order valence-electron chi connectivity index (χ3n) is 3.59. The molecule has 0 atom stereocenters. The van der Waals surface area contributed by atoms with Crippen LogP contribution in [0.25, 0.3) is 6.08 Å². The molecule has 2 aromatic carbocycles. The maximum absolute atomic E-state index is 12.2. The molecule has 2 rings (SSSR count). The van der Waals surface area contributed by atoms with Gasteiger partial charge in [-0.05, 0) is 30.3 Å². The van der Waals surface area contributed by atoms with Crippen LogP contribution in [0, 0.1) is 10.1 Å². The van der Waals surface area contributed by atoms with E-state index in [1.165, 1.54) is 56.7 Å². The molecule has 0 aliphatic heterocycles. The van der Waals surface area contributed by atoms with Gasteiger partial charge in [0.2, 0.25) is 5.91 Å². The summed E-state index contributed by atoms with van der Waals surface area (Å²) in [4.78, 5) is 46.1. The molecular weight excluding hydrogens is 368 g/mol. The molecule has 9 heteroatoms. The number of ether oxygens (including phenoxy) is 2. The van der Waals surface area contributed by atoms with E-state index >= 15 is 0 Å². The number of esters is 2. The number of carbonyl (C=O) groups is 3. The third-order valence-corrected chi connectivity index (χ3v) is 3.59. The number of hydrogen-bond acceptors (Lipinski definition) is 7. The Kier molecular flexibility index (Phi) is 6.58. The van der Waals surface area contributed by atoms with Crippen molar-refractivity contribution in [1.82, 2.24) is 0 Å². The molecule has 0 aromatic heterocycles. The number of nitrogens with zero attached hydrogens (tertiary/aromatic N) is 1. The van der Waals surface area contributed by atoms with Gasteiger partial charge in [0.05, 0.1) is 35.8 Å². The van der Waals surface area contributed by atoms with Gasteiger partial charge in [0.25, 0.3) is 5.69 Å². The van der Waals surface area contributed by atoms with Gasteiger partial charge >= 0.3 is 11.9 Å². The monoisotopic (exact) mass is 384 g/mol. The van der Waals surface area contributed by atoms with Crippen LogP contribution in [0.5, 0.6) is 0 Å². The highest BCUT2D eigenvalue weighted by molar-refractivity contribution is 6.04. The Balaban J connectivity index is 2.27. The summed E-state index contributed by atoms with van der Waals surface area (Å²) in [7, 11) is 2.36. The van der Waals surface area contributed by atoms with E-state index in [1.54, 1.807) is 6.07 Å². The Morgan fingerprint density at radius 1 is 1.00 bits per heavy atom. The molecule has 2 aromatic rings. The van der Waals surface area contributed by atoms with Crippen LogP contribution in [0.2, 0.25) is 0 Å². The molecule has 28 heavy (non-hydrogen) atoms. The zero-order chi connectivity index (χ0) is 20.7. The molecule has 0 heterocycles. The number of para-hydroxylation sites is 1. The predicted molar refractivity (Wildman–Crippen MR) is 99.9 cm³/mol. The van der Waals surface area contributed by atoms with E-state index in [-0.39, 0.29) is 28.1 Å². The van der Waals surface area contributed by atoms with Crippen molar-refractivity contribution in [3.05, 3.63) is 75.3 Å². The molecule has 0 saturated heterocycles. The Hall–Kier alpha value is -4.01. The third kappa shape index (κ3) is 5.01. The van der Waals surface area contributed by atoms with Gasteiger partial charge in [0.1, 0.15) is 0 Å². The van der Waals surface area contributed by atoms with E-state index in [0.29, 0.717) is 0 Å². The number of methoxy groups -OCH3 is 2. The number of benzene rings is 2. The van der Waals surface area contributed by atoms with Crippen LogP contribution in [0.15, 0.2) is 48.5 Å². The molecule has 0 unspecified atom stereocenters. The topological polar surface area (TPSA) is 125 Å². The quantitative estimate of drug-likeness (QED) is 0.351. The highest BCUT2D eigenvalue weighted by Gasteiger charge is 2.15. The lowest BCUT2D eigenvalue weighted by Crippen LogP contribution is -2.12. The molecule has 0 radical (unpaired) electrons. The Morgan fingerprint density at radius 3 is 2.11 bits per heavy atom. The van der Waals surface area contributed by atoms with Crippen LogP contribution in [-0.2, 0) is 14.3 Å². The van der Waals surface area contributed by atoms with Crippen LogP contribution in [0.4, 0.5) is 11.4 Å². The van der Waals surface area contributed by atoms with Crippen molar-refractivity contribution in [2.24, 2.45) is 0 Å². The van der Waals surface area contributed by atoms with Gasteiger partial charge in [-0.25, -0.2) is 9.59 Å². The van der Waals surface area contributed by atoms with Gasteiger partial charge in [-0.15, -0.1) is 0 Å². The van der Waals surface area contributed by atoms with Crippen molar-refractivity contribution >= 4 is 35.3 Å². The summed E-state index contributed by atoms with van der Waals surface area (Å²) in [6.07, 6.45) is 2.39. The first-order valence-corrected chi connectivity index (χ1v) is 7.90. The number of nitrogens with one attached hydrogen (secondary N) is 1. The van der Waals surface area contributed by atoms with Crippen molar-refractivity contribution in [2.45, 2.75) is 0 Å². The second-order valence-corrected chi connectivity index (χ2v) is 5.42. The summed E-state index contributed by atoms with van der Waals surface area (Å²) < 4.78 is 9.25. The number of amides is 1. The molecule has 144 valence electrons. The van der Waals surface area contributed by atoms with Gasteiger partial charge in [0, 0.05) is 17.8 Å². The second-order valence-electron chi connectivity index (χ2n) is 5.42. The first kappa shape index (κ1) is 20.3. The van der Waals surface area contributed by atoms with Crippen LogP contribution in [0.3, 0.4) is 0 Å². The normalized spacial score (nSPS) is 10.4.